The van der Waals surface area contributed by atoms with Crippen LogP contribution in [0.5, 0.6) is 5.75 Å². The Morgan fingerprint density at radius 3 is 2.20 bits per heavy atom. The predicted molar refractivity (Wildman–Crippen MR) is 113 cm³/mol. The summed E-state index contributed by atoms with van der Waals surface area (Å²) in [5.74, 6) is -0.132. The van der Waals surface area contributed by atoms with E-state index >= 15 is 0 Å². The molecule has 2 aromatic carbocycles. The number of esters is 1. The van der Waals surface area contributed by atoms with E-state index in [4.69, 9.17) is 4.74 Å². The number of nitrogens with zero attached hydrogens (tertiary/aromatic N) is 4. The molecule has 0 saturated carbocycles. The summed E-state index contributed by atoms with van der Waals surface area (Å²) in [7, 11) is 1.51. The monoisotopic (exact) mass is 406 g/mol. The summed E-state index contributed by atoms with van der Waals surface area (Å²) >= 11 is 0. The molecule has 1 aliphatic rings. The van der Waals surface area contributed by atoms with Crippen LogP contribution < -0.4 is 15.2 Å². The third-order valence-electron chi connectivity index (χ3n) is 5.29. The van der Waals surface area contributed by atoms with Crippen molar-refractivity contribution in [3.8, 4) is 5.75 Å². The number of aromatic nitrogens is 2. The summed E-state index contributed by atoms with van der Waals surface area (Å²) in [5, 5.41) is 4.98. The summed E-state index contributed by atoms with van der Waals surface area (Å²) < 4.78 is 6.65. The molecule has 154 valence electrons. The fourth-order valence-corrected chi connectivity index (χ4v) is 3.61. The van der Waals surface area contributed by atoms with Crippen LogP contribution in [0, 0.1) is 0 Å². The van der Waals surface area contributed by atoms with E-state index in [-0.39, 0.29) is 17.2 Å². The lowest BCUT2D eigenvalue weighted by molar-refractivity contribution is -0.129. The Balaban J connectivity index is 1.50. The van der Waals surface area contributed by atoms with Gasteiger partial charge in [0, 0.05) is 51.2 Å². The van der Waals surface area contributed by atoms with E-state index in [2.05, 4.69) is 10.00 Å². The topological polar surface area (TPSA) is 84.7 Å². The first-order valence-corrected chi connectivity index (χ1v) is 9.73. The number of aryl methyl sites for hydroxylation is 1. The van der Waals surface area contributed by atoms with Crippen molar-refractivity contribution in [2.24, 2.45) is 7.05 Å². The largest absolute Gasteiger partial charge is 0.422 e. The van der Waals surface area contributed by atoms with Gasteiger partial charge in [0.15, 0.2) is 5.69 Å². The Morgan fingerprint density at radius 2 is 1.57 bits per heavy atom. The van der Waals surface area contributed by atoms with Crippen LogP contribution in [0.2, 0.25) is 0 Å². The molecule has 1 aromatic heterocycles. The zero-order valence-electron chi connectivity index (χ0n) is 16.9. The number of piperazine rings is 1. The van der Waals surface area contributed by atoms with E-state index in [1.54, 1.807) is 43.3 Å². The highest BCUT2D eigenvalue weighted by molar-refractivity contribution is 6.02. The molecule has 0 aliphatic carbocycles. The lowest BCUT2D eigenvalue weighted by Crippen LogP contribution is -2.48. The molecule has 0 spiro atoms. The molecule has 1 aliphatic heterocycles. The van der Waals surface area contributed by atoms with Gasteiger partial charge in [0.2, 0.25) is 5.91 Å². The average molecular weight is 406 g/mol. The number of carbonyl (C=O) groups is 2. The summed E-state index contributed by atoms with van der Waals surface area (Å²) in [6.07, 6.45) is 0. The molecular formula is C22H22N4O4. The number of fused-ring (bicyclic) bond motifs is 1. The lowest BCUT2D eigenvalue weighted by atomic mass is 10.1. The molecule has 0 radical (unpaired) electrons. The Morgan fingerprint density at radius 1 is 0.933 bits per heavy atom. The van der Waals surface area contributed by atoms with E-state index in [9.17, 15) is 14.4 Å². The van der Waals surface area contributed by atoms with Gasteiger partial charge in [-0.3, -0.25) is 9.59 Å². The Bertz CT molecular complexity index is 1160. The quantitative estimate of drug-likeness (QED) is 0.487. The van der Waals surface area contributed by atoms with Gasteiger partial charge in [-0.05, 0) is 30.3 Å². The zero-order chi connectivity index (χ0) is 21.3. The van der Waals surface area contributed by atoms with E-state index in [1.165, 1.54) is 7.05 Å². The second kappa shape index (κ2) is 7.98. The fraction of sp³-hybridized carbons (Fsp3) is 0.273. The number of hydrogen-bond donors (Lipinski definition) is 0. The van der Waals surface area contributed by atoms with E-state index in [1.807, 2.05) is 17.0 Å². The number of anilines is 1. The molecular weight excluding hydrogens is 384 g/mol. The number of hydrogen-bond acceptors (Lipinski definition) is 6. The van der Waals surface area contributed by atoms with Crippen molar-refractivity contribution in [2.45, 2.75) is 6.92 Å². The second-order valence-corrected chi connectivity index (χ2v) is 7.20. The minimum atomic E-state index is -0.621. The molecule has 8 nitrogen and oxygen atoms in total. The maximum atomic E-state index is 12.7. The minimum absolute atomic E-state index is 0.0939. The first-order chi connectivity index (χ1) is 14.4. The highest BCUT2D eigenvalue weighted by Gasteiger charge is 2.20. The standard InChI is InChI=1S/C22H22N4O4/c1-15(27)25-11-13-26(14-12-25)16-7-9-17(10-8-16)30-22(29)20-18-5-3-4-6-19(18)21(28)24(2)23-20/h3-10H,11-14H2,1-2H3. The molecule has 0 N–H and O–H groups in total. The Kier molecular flexibility index (Phi) is 5.22. The fourth-order valence-electron chi connectivity index (χ4n) is 3.61. The average Bonchev–Trinajstić information content (AvgIpc) is 2.77. The van der Waals surface area contributed by atoms with Gasteiger partial charge in [-0.1, -0.05) is 18.2 Å². The predicted octanol–water partition coefficient (Wildman–Crippen LogP) is 1.82. The van der Waals surface area contributed by atoms with Gasteiger partial charge in [0.25, 0.3) is 5.56 Å². The molecule has 8 heteroatoms. The van der Waals surface area contributed by atoms with Crippen LogP contribution in [0.15, 0.2) is 53.3 Å². The maximum Gasteiger partial charge on any atom is 0.364 e. The summed E-state index contributed by atoms with van der Waals surface area (Å²) in [6, 6.07) is 14.1. The molecule has 0 atom stereocenters. The maximum absolute atomic E-state index is 12.7. The molecule has 0 bridgehead atoms. The summed E-state index contributed by atoms with van der Waals surface area (Å²) in [6.45, 7) is 4.48. The first kappa shape index (κ1) is 19.6. The second-order valence-electron chi connectivity index (χ2n) is 7.20. The normalized spacial score (nSPS) is 14.1. The Labute approximate surface area is 173 Å². The molecule has 3 aromatic rings. The van der Waals surface area contributed by atoms with Crippen LogP contribution in [0.4, 0.5) is 5.69 Å². The van der Waals surface area contributed by atoms with Gasteiger partial charge in [-0.25, -0.2) is 9.48 Å². The van der Waals surface area contributed by atoms with Crippen molar-refractivity contribution in [2.75, 3.05) is 31.1 Å². The molecule has 1 saturated heterocycles. The highest BCUT2D eigenvalue weighted by Crippen LogP contribution is 2.22. The van der Waals surface area contributed by atoms with E-state index < -0.39 is 5.97 Å². The van der Waals surface area contributed by atoms with Gasteiger partial charge in [0.05, 0.1) is 5.39 Å². The van der Waals surface area contributed by atoms with Crippen molar-refractivity contribution in [1.29, 1.82) is 0 Å². The van der Waals surface area contributed by atoms with Gasteiger partial charge >= 0.3 is 5.97 Å². The van der Waals surface area contributed by atoms with Gasteiger partial charge in [-0.2, -0.15) is 5.10 Å². The highest BCUT2D eigenvalue weighted by atomic mass is 16.5. The van der Waals surface area contributed by atoms with Gasteiger partial charge in [-0.15, -0.1) is 0 Å². The van der Waals surface area contributed by atoms with Crippen LogP contribution >= 0.6 is 0 Å². The van der Waals surface area contributed by atoms with Gasteiger partial charge < -0.3 is 14.5 Å². The van der Waals surface area contributed by atoms with Crippen molar-refractivity contribution < 1.29 is 14.3 Å². The molecule has 30 heavy (non-hydrogen) atoms. The zero-order valence-corrected chi connectivity index (χ0v) is 16.9. The van der Waals surface area contributed by atoms with Crippen LogP contribution in [-0.4, -0.2) is 52.7 Å². The number of rotatable bonds is 3. The molecule has 1 amide bonds. The van der Waals surface area contributed by atoms with Crippen LogP contribution in [-0.2, 0) is 11.8 Å². The molecule has 0 unspecified atom stereocenters. The van der Waals surface area contributed by atoms with Crippen molar-refractivity contribution in [3.63, 3.8) is 0 Å². The third-order valence-corrected chi connectivity index (χ3v) is 5.29. The summed E-state index contributed by atoms with van der Waals surface area (Å²) in [4.78, 5) is 40.4. The van der Waals surface area contributed by atoms with Crippen molar-refractivity contribution in [3.05, 3.63) is 64.6 Å². The van der Waals surface area contributed by atoms with Gasteiger partial charge in [0.1, 0.15) is 5.75 Å². The summed E-state index contributed by atoms with van der Waals surface area (Å²) in [5.41, 5.74) is 0.831. The van der Waals surface area contributed by atoms with Crippen molar-refractivity contribution in [1.82, 2.24) is 14.7 Å². The van der Waals surface area contributed by atoms with E-state index in [0.29, 0.717) is 29.6 Å². The first-order valence-electron chi connectivity index (χ1n) is 9.73. The SMILES string of the molecule is CC(=O)N1CCN(c2ccc(OC(=O)c3nn(C)c(=O)c4ccccc34)cc2)CC1. The number of carbonyl (C=O) groups excluding carboxylic acids is 2. The van der Waals surface area contributed by atoms with Crippen LogP contribution in [0.25, 0.3) is 10.8 Å². The number of ether oxygens (including phenoxy) is 1. The number of benzene rings is 2. The Hall–Kier alpha value is -3.68. The van der Waals surface area contributed by atoms with E-state index in [0.717, 1.165) is 23.5 Å². The molecule has 4 rings (SSSR count). The molecule has 1 fully saturated rings. The van der Waals surface area contributed by atoms with Crippen LogP contribution in [0.3, 0.4) is 0 Å². The lowest BCUT2D eigenvalue weighted by Gasteiger charge is -2.35. The number of amides is 1. The third kappa shape index (κ3) is 3.76. The smallest absolute Gasteiger partial charge is 0.364 e. The minimum Gasteiger partial charge on any atom is -0.422 e. The molecule has 2 heterocycles. The van der Waals surface area contributed by atoms with Crippen LogP contribution in [0.1, 0.15) is 17.4 Å². The van der Waals surface area contributed by atoms with Crippen molar-refractivity contribution >= 4 is 28.3 Å².